The van der Waals surface area contributed by atoms with Crippen LogP contribution in [0.4, 0.5) is 5.82 Å². The van der Waals surface area contributed by atoms with Gasteiger partial charge in [-0.3, -0.25) is 4.79 Å². The molecule has 0 radical (unpaired) electrons. The Morgan fingerprint density at radius 1 is 1.10 bits per heavy atom. The number of nitrogens with zero attached hydrogens (tertiary/aromatic N) is 5. The number of carbonyl (C=O) groups is 1. The summed E-state index contributed by atoms with van der Waals surface area (Å²) in [4.78, 5) is 21.9. The van der Waals surface area contributed by atoms with Gasteiger partial charge >= 0.3 is 0 Å². The van der Waals surface area contributed by atoms with Crippen molar-refractivity contribution in [3.05, 3.63) is 58.9 Å². The van der Waals surface area contributed by atoms with E-state index < -0.39 is 6.10 Å². The van der Waals surface area contributed by atoms with E-state index >= 15 is 0 Å². The normalized spacial score (nSPS) is 19.4. The maximum absolute atomic E-state index is 13.2. The Kier molecular flexibility index (Phi) is 4.47. The summed E-state index contributed by atoms with van der Waals surface area (Å²) < 4.78 is 7.77. The van der Waals surface area contributed by atoms with Gasteiger partial charge in [0, 0.05) is 37.5 Å². The summed E-state index contributed by atoms with van der Waals surface area (Å²) >= 11 is 0. The van der Waals surface area contributed by atoms with Gasteiger partial charge in [0.2, 0.25) is 0 Å². The predicted molar refractivity (Wildman–Crippen MR) is 110 cm³/mol. The first-order valence-electron chi connectivity index (χ1n) is 10.1. The van der Waals surface area contributed by atoms with Crippen molar-refractivity contribution in [1.29, 1.82) is 0 Å². The minimum Gasteiger partial charge on any atom is -0.365 e. The number of benzene rings is 1. The quantitative estimate of drug-likeness (QED) is 0.670. The number of hydrogen-bond donors (Lipinski definition) is 0. The summed E-state index contributed by atoms with van der Waals surface area (Å²) in [6, 6.07) is 12.4. The van der Waals surface area contributed by atoms with Crippen molar-refractivity contribution in [3.63, 3.8) is 0 Å². The van der Waals surface area contributed by atoms with E-state index in [0.717, 1.165) is 42.4 Å². The number of ether oxygens (including phenoxy) is 1. The molecule has 29 heavy (non-hydrogen) atoms. The number of amides is 1. The van der Waals surface area contributed by atoms with Crippen LogP contribution in [0.25, 0.3) is 5.65 Å². The second-order valence-corrected chi connectivity index (χ2v) is 7.90. The molecule has 0 bridgehead atoms. The van der Waals surface area contributed by atoms with Crippen LogP contribution in [0.15, 0.2) is 36.4 Å². The average molecular weight is 391 g/mol. The minimum atomic E-state index is -0.464. The summed E-state index contributed by atoms with van der Waals surface area (Å²) in [5, 5.41) is 4.59. The molecule has 4 heterocycles. The molecule has 2 aliphatic rings. The predicted octanol–water partition coefficient (Wildman–Crippen LogP) is 2.14. The van der Waals surface area contributed by atoms with Gasteiger partial charge in [-0.15, -0.1) is 0 Å². The molecule has 0 aliphatic carbocycles. The first-order chi connectivity index (χ1) is 14.1. The monoisotopic (exact) mass is 391 g/mol. The SMILES string of the molecule is Cc1cc(N2CCOC(C(=O)N3CCc4ccccc4C3)C2)n2nc(C)cc2n1. The molecule has 3 aromatic rings. The zero-order valence-corrected chi connectivity index (χ0v) is 16.8. The summed E-state index contributed by atoms with van der Waals surface area (Å²) in [7, 11) is 0. The van der Waals surface area contributed by atoms with E-state index in [1.807, 2.05) is 41.5 Å². The standard InChI is InChI=1S/C22H25N5O2/c1-15-12-21(27-20(23-15)11-16(2)24-27)25-9-10-29-19(14-25)22(28)26-8-7-17-5-3-4-6-18(17)13-26/h3-6,11-12,19H,7-10,13-14H2,1-2H3. The van der Waals surface area contributed by atoms with Gasteiger partial charge < -0.3 is 14.5 Å². The molecule has 2 aromatic heterocycles. The van der Waals surface area contributed by atoms with Crippen molar-refractivity contribution in [2.75, 3.05) is 31.1 Å². The third-order valence-electron chi connectivity index (χ3n) is 5.77. The van der Waals surface area contributed by atoms with Gasteiger partial charge in [-0.25, -0.2) is 4.98 Å². The van der Waals surface area contributed by atoms with Crippen molar-refractivity contribution < 1.29 is 9.53 Å². The van der Waals surface area contributed by atoms with Crippen LogP contribution >= 0.6 is 0 Å². The lowest BCUT2D eigenvalue weighted by molar-refractivity contribution is -0.145. The average Bonchev–Trinajstić information content (AvgIpc) is 3.12. The molecule has 0 saturated carbocycles. The third kappa shape index (κ3) is 3.35. The Bertz CT molecular complexity index is 1080. The fourth-order valence-corrected chi connectivity index (χ4v) is 4.31. The van der Waals surface area contributed by atoms with Crippen LogP contribution in [0.5, 0.6) is 0 Å². The highest BCUT2D eigenvalue weighted by molar-refractivity contribution is 5.82. The number of hydrogen-bond acceptors (Lipinski definition) is 5. The maximum Gasteiger partial charge on any atom is 0.253 e. The molecule has 0 N–H and O–H groups in total. The van der Waals surface area contributed by atoms with Crippen molar-refractivity contribution in [2.45, 2.75) is 32.9 Å². The van der Waals surface area contributed by atoms with Crippen LogP contribution in [-0.2, 0) is 22.5 Å². The summed E-state index contributed by atoms with van der Waals surface area (Å²) in [5.74, 6) is 1.04. The lowest BCUT2D eigenvalue weighted by Crippen LogP contribution is -2.52. The first-order valence-corrected chi connectivity index (χ1v) is 10.1. The van der Waals surface area contributed by atoms with Gasteiger partial charge in [-0.05, 0) is 31.4 Å². The van der Waals surface area contributed by atoms with Gasteiger partial charge in [-0.2, -0.15) is 9.61 Å². The second kappa shape index (κ2) is 7.15. The van der Waals surface area contributed by atoms with E-state index in [2.05, 4.69) is 33.2 Å². The molecule has 1 fully saturated rings. The molecule has 1 saturated heterocycles. The summed E-state index contributed by atoms with van der Waals surface area (Å²) in [5.41, 5.74) is 5.27. The van der Waals surface area contributed by atoms with E-state index in [-0.39, 0.29) is 5.91 Å². The molecule has 5 rings (SSSR count). The Labute approximate surface area is 169 Å². The lowest BCUT2D eigenvalue weighted by Gasteiger charge is -2.37. The molecule has 7 nitrogen and oxygen atoms in total. The van der Waals surface area contributed by atoms with Crippen molar-refractivity contribution in [1.82, 2.24) is 19.5 Å². The zero-order chi connectivity index (χ0) is 20.0. The minimum absolute atomic E-state index is 0.0721. The van der Waals surface area contributed by atoms with E-state index in [1.54, 1.807) is 0 Å². The molecule has 0 spiro atoms. The van der Waals surface area contributed by atoms with Gasteiger partial charge in [0.1, 0.15) is 5.82 Å². The molecular formula is C22H25N5O2. The molecule has 7 heteroatoms. The molecule has 1 aromatic carbocycles. The number of rotatable bonds is 2. The van der Waals surface area contributed by atoms with Gasteiger partial charge in [0.15, 0.2) is 11.8 Å². The lowest BCUT2D eigenvalue weighted by atomic mass is 9.99. The number of fused-ring (bicyclic) bond motifs is 2. The third-order valence-corrected chi connectivity index (χ3v) is 5.77. The number of carbonyl (C=O) groups excluding carboxylic acids is 1. The Morgan fingerprint density at radius 3 is 2.79 bits per heavy atom. The van der Waals surface area contributed by atoms with E-state index in [1.165, 1.54) is 11.1 Å². The van der Waals surface area contributed by atoms with E-state index in [0.29, 0.717) is 19.7 Å². The maximum atomic E-state index is 13.2. The zero-order valence-electron chi connectivity index (χ0n) is 16.8. The van der Waals surface area contributed by atoms with Gasteiger partial charge in [0.05, 0.1) is 18.8 Å². The Balaban J connectivity index is 1.37. The van der Waals surface area contributed by atoms with Crippen LogP contribution in [0.3, 0.4) is 0 Å². The molecule has 1 atom stereocenters. The topological polar surface area (TPSA) is 63.0 Å². The largest absolute Gasteiger partial charge is 0.365 e. The van der Waals surface area contributed by atoms with E-state index in [9.17, 15) is 4.79 Å². The number of anilines is 1. The van der Waals surface area contributed by atoms with Crippen LogP contribution in [0.2, 0.25) is 0 Å². The summed E-state index contributed by atoms with van der Waals surface area (Å²) in [6.07, 6.45) is 0.434. The highest BCUT2D eigenvalue weighted by atomic mass is 16.5. The number of aromatic nitrogens is 3. The smallest absolute Gasteiger partial charge is 0.253 e. The molecule has 150 valence electrons. The highest BCUT2D eigenvalue weighted by Crippen LogP contribution is 2.23. The summed E-state index contributed by atoms with van der Waals surface area (Å²) in [6.45, 7) is 7.12. The van der Waals surface area contributed by atoms with Crippen molar-refractivity contribution in [2.24, 2.45) is 0 Å². The number of aryl methyl sites for hydroxylation is 2. The van der Waals surface area contributed by atoms with Crippen LogP contribution in [-0.4, -0.2) is 57.8 Å². The molecule has 1 amide bonds. The van der Waals surface area contributed by atoms with Crippen LogP contribution in [0.1, 0.15) is 22.5 Å². The van der Waals surface area contributed by atoms with Gasteiger partial charge in [-0.1, -0.05) is 24.3 Å². The first kappa shape index (κ1) is 18.1. The van der Waals surface area contributed by atoms with Gasteiger partial charge in [0.25, 0.3) is 5.91 Å². The Hall–Kier alpha value is -2.93. The fraction of sp³-hybridized carbons (Fsp3) is 0.409. The van der Waals surface area contributed by atoms with Crippen molar-refractivity contribution in [3.8, 4) is 0 Å². The van der Waals surface area contributed by atoms with E-state index in [4.69, 9.17) is 4.74 Å². The highest BCUT2D eigenvalue weighted by Gasteiger charge is 2.32. The van der Waals surface area contributed by atoms with Crippen molar-refractivity contribution >= 4 is 17.4 Å². The molecule has 1 unspecified atom stereocenters. The molecular weight excluding hydrogens is 366 g/mol. The second-order valence-electron chi connectivity index (χ2n) is 7.90. The van der Waals surface area contributed by atoms with Crippen LogP contribution in [0, 0.1) is 13.8 Å². The molecule has 2 aliphatic heterocycles. The van der Waals surface area contributed by atoms with Crippen LogP contribution < -0.4 is 4.90 Å². The Morgan fingerprint density at radius 2 is 1.93 bits per heavy atom. The fourth-order valence-electron chi connectivity index (χ4n) is 4.31. The number of morpholine rings is 1.